The van der Waals surface area contributed by atoms with Gasteiger partial charge in [0, 0.05) is 18.3 Å². The van der Waals surface area contributed by atoms with Crippen LogP contribution in [0.3, 0.4) is 0 Å². The molecule has 1 heterocycles. The summed E-state index contributed by atoms with van der Waals surface area (Å²) in [5.74, 6) is 2.41. The van der Waals surface area contributed by atoms with Gasteiger partial charge < -0.3 is 20.1 Å². The van der Waals surface area contributed by atoms with E-state index >= 15 is 0 Å². The van der Waals surface area contributed by atoms with Crippen LogP contribution in [0.2, 0.25) is 0 Å². The van der Waals surface area contributed by atoms with Gasteiger partial charge in [0.2, 0.25) is 0 Å². The lowest BCUT2D eigenvalue weighted by molar-refractivity contribution is 0.240. The number of pyridine rings is 1. The Morgan fingerprint density at radius 1 is 1.21 bits per heavy atom. The fourth-order valence-corrected chi connectivity index (χ4v) is 2.43. The van der Waals surface area contributed by atoms with Crippen molar-refractivity contribution in [3.05, 3.63) is 53.9 Å². The molecule has 0 saturated heterocycles. The van der Waals surface area contributed by atoms with Crippen LogP contribution in [-0.4, -0.2) is 36.7 Å². The fraction of sp³-hybridized carbons (Fsp3) is 0.429. The largest absolute Gasteiger partial charge is 0.491 e. The van der Waals surface area contributed by atoms with E-state index in [1.165, 1.54) is 5.56 Å². The number of aryl methyl sites for hydroxylation is 1. The summed E-state index contributed by atoms with van der Waals surface area (Å²) in [6, 6.07) is 9.96. The molecule has 7 heteroatoms. The van der Waals surface area contributed by atoms with E-state index in [0.717, 1.165) is 29.6 Å². The van der Waals surface area contributed by atoms with Crippen LogP contribution in [-0.2, 0) is 6.54 Å². The number of guanidine groups is 1. The summed E-state index contributed by atoms with van der Waals surface area (Å²) in [5, 5.41) is 6.54. The third kappa shape index (κ3) is 8.77. The van der Waals surface area contributed by atoms with E-state index in [1.807, 2.05) is 32.9 Å². The van der Waals surface area contributed by atoms with E-state index < -0.39 is 0 Å². The minimum Gasteiger partial charge on any atom is -0.491 e. The van der Waals surface area contributed by atoms with Crippen molar-refractivity contribution in [3.8, 4) is 11.5 Å². The molecule has 2 rings (SSSR count). The molecular formula is C21H31IN4O2. The molecule has 0 fully saturated rings. The molecule has 1 aromatic carbocycles. The summed E-state index contributed by atoms with van der Waals surface area (Å²) in [4.78, 5) is 8.70. The lowest BCUT2D eigenvalue weighted by Gasteiger charge is -2.15. The minimum absolute atomic E-state index is 0. The van der Waals surface area contributed by atoms with Gasteiger partial charge in [0.25, 0.3) is 0 Å². The Bertz CT molecular complexity index is 724. The quantitative estimate of drug-likeness (QED) is 0.238. The van der Waals surface area contributed by atoms with E-state index in [4.69, 9.17) is 9.47 Å². The third-order valence-electron chi connectivity index (χ3n) is 3.63. The molecule has 0 aliphatic heterocycles. The molecule has 0 radical (unpaired) electrons. The first-order valence-electron chi connectivity index (χ1n) is 9.39. The molecule has 0 saturated carbocycles. The summed E-state index contributed by atoms with van der Waals surface area (Å²) in [6.45, 7) is 10.7. The minimum atomic E-state index is 0. The van der Waals surface area contributed by atoms with Crippen LogP contribution in [0, 0.1) is 6.92 Å². The van der Waals surface area contributed by atoms with Crippen molar-refractivity contribution in [1.82, 2.24) is 15.6 Å². The second-order valence-corrected chi connectivity index (χ2v) is 6.44. The van der Waals surface area contributed by atoms with Crippen LogP contribution in [0.4, 0.5) is 0 Å². The van der Waals surface area contributed by atoms with Crippen molar-refractivity contribution >= 4 is 29.9 Å². The Balaban J connectivity index is 0.00000392. The summed E-state index contributed by atoms with van der Waals surface area (Å²) in [6.07, 6.45) is 3.56. The van der Waals surface area contributed by atoms with E-state index in [0.29, 0.717) is 19.7 Å². The molecule has 0 spiro atoms. The first-order chi connectivity index (χ1) is 13.1. The monoisotopic (exact) mass is 498 g/mol. The zero-order valence-corrected chi connectivity index (χ0v) is 19.4. The van der Waals surface area contributed by atoms with Gasteiger partial charge in [-0.25, -0.2) is 4.99 Å². The Hall–Kier alpha value is -2.03. The second-order valence-electron chi connectivity index (χ2n) is 6.44. The highest BCUT2D eigenvalue weighted by atomic mass is 127. The highest BCUT2D eigenvalue weighted by molar-refractivity contribution is 14.0. The Kier molecular flexibility index (Phi) is 11.3. The molecule has 28 heavy (non-hydrogen) atoms. The molecule has 0 aliphatic rings. The zero-order valence-electron chi connectivity index (χ0n) is 17.1. The Morgan fingerprint density at radius 3 is 2.71 bits per heavy atom. The second kappa shape index (κ2) is 13.2. The molecule has 2 N–H and O–H groups in total. The molecule has 0 amide bonds. The molecule has 1 aromatic heterocycles. The lowest BCUT2D eigenvalue weighted by Crippen LogP contribution is -2.39. The normalized spacial score (nSPS) is 11.0. The van der Waals surface area contributed by atoms with Crippen LogP contribution >= 0.6 is 24.0 Å². The maximum atomic E-state index is 5.93. The van der Waals surface area contributed by atoms with Gasteiger partial charge in [0.1, 0.15) is 18.1 Å². The van der Waals surface area contributed by atoms with Gasteiger partial charge in [-0.1, -0.05) is 12.1 Å². The number of hydrogen-bond donors (Lipinski definition) is 2. The number of rotatable bonds is 9. The molecule has 2 aromatic rings. The number of hydrogen-bond acceptors (Lipinski definition) is 4. The van der Waals surface area contributed by atoms with Crippen LogP contribution in [0.25, 0.3) is 0 Å². The van der Waals surface area contributed by atoms with Gasteiger partial charge >= 0.3 is 0 Å². The van der Waals surface area contributed by atoms with Gasteiger partial charge in [0.05, 0.1) is 25.4 Å². The maximum absolute atomic E-state index is 5.93. The van der Waals surface area contributed by atoms with Crippen LogP contribution in [0.15, 0.2) is 47.7 Å². The summed E-state index contributed by atoms with van der Waals surface area (Å²) < 4.78 is 11.6. The SMILES string of the molecule is CCNC(=NCc1ccc(C)cc1OC(C)C)NCCOc1cccnc1.I. The van der Waals surface area contributed by atoms with E-state index in [-0.39, 0.29) is 30.1 Å². The van der Waals surface area contributed by atoms with Crippen molar-refractivity contribution in [1.29, 1.82) is 0 Å². The highest BCUT2D eigenvalue weighted by Gasteiger charge is 2.07. The van der Waals surface area contributed by atoms with Crippen LogP contribution in [0.5, 0.6) is 11.5 Å². The average molecular weight is 498 g/mol. The molecule has 154 valence electrons. The molecule has 0 unspecified atom stereocenters. The van der Waals surface area contributed by atoms with Crippen molar-refractivity contribution in [2.45, 2.75) is 40.3 Å². The van der Waals surface area contributed by atoms with Gasteiger partial charge in [-0.05, 0) is 51.5 Å². The number of nitrogens with zero attached hydrogens (tertiary/aromatic N) is 2. The van der Waals surface area contributed by atoms with Gasteiger partial charge in [-0.15, -0.1) is 24.0 Å². The fourth-order valence-electron chi connectivity index (χ4n) is 2.43. The topological polar surface area (TPSA) is 67.8 Å². The summed E-state index contributed by atoms with van der Waals surface area (Å²) >= 11 is 0. The van der Waals surface area contributed by atoms with Gasteiger partial charge in [0.15, 0.2) is 5.96 Å². The molecule has 0 bridgehead atoms. The van der Waals surface area contributed by atoms with E-state index in [2.05, 4.69) is 45.7 Å². The van der Waals surface area contributed by atoms with Crippen molar-refractivity contribution in [3.63, 3.8) is 0 Å². The van der Waals surface area contributed by atoms with Crippen LogP contribution in [0.1, 0.15) is 31.9 Å². The smallest absolute Gasteiger partial charge is 0.191 e. The first-order valence-corrected chi connectivity index (χ1v) is 9.39. The molecule has 0 atom stereocenters. The standard InChI is InChI=1S/C21H30N4O2.HI/c1-5-23-21(24-11-12-26-19-7-6-10-22-15-19)25-14-18-9-8-17(4)13-20(18)27-16(2)3;/h6-10,13,15-16H,5,11-12,14H2,1-4H3,(H2,23,24,25);1H. The van der Waals surface area contributed by atoms with Gasteiger partial charge in [-0.2, -0.15) is 0 Å². The first kappa shape index (κ1) is 24.0. The number of aromatic nitrogens is 1. The maximum Gasteiger partial charge on any atom is 0.191 e. The van der Waals surface area contributed by atoms with E-state index in [1.54, 1.807) is 12.4 Å². The average Bonchev–Trinajstić information content (AvgIpc) is 2.64. The zero-order chi connectivity index (χ0) is 19.5. The van der Waals surface area contributed by atoms with Crippen molar-refractivity contribution < 1.29 is 9.47 Å². The van der Waals surface area contributed by atoms with Crippen LogP contribution < -0.4 is 20.1 Å². The van der Waals surface area contributed by atoms with Crippen molar-refractivity contribution in [2.24, 2.45) is 4.99 Å². The lowest BCUT2D eigenvalue weighted by atomic mass is 10.1. The predicted octanol–water partition coefficient (Wildman–Crippen LogP) is 3.93. The molecule has 6 nitrogen and oxygen atoms in total. The number of nitrogens with one attached hydrogen (secondary N) is 2. The van der Waals surface area contributed by atoms with Crippen molar-refractivity contribution in [2.75, 3.05) is 19.7 Å². The predicted molar refractivity (Wildman–Crippen MR) is 125 cm³/mol. The highest BCUT2D eigenvalue weighted by Crippen LogP contribution is 2.22. The molecule has 0 aliphatic carbocycles. The number of aliphatic imine (C=N–C) groups is 1. The van der Waals surface area contributed by atoms with Gasteiger partial charge in [-0.3, -0.25) is 4.98 Å². The number of benzene rings is 1. The molecular weight excluding hydrogens is 467 g/mol. The number of halogens is 1. The Morgan fingerprint density at radius 2 is 2.04 bits per heavy atom. The van der Waals surface area contributed by atoms with E-state index in [9.17, 15) is 0 Å². The Labute approximate surface area is 185 Å². The summed E-state index contributed by atoms with van der Waals surface area (Å²) in [5.41, 5.74) is 2.24. The third-order valence-corrected chi connectivity index (χ3v) is 3.63. The number of ether oxygens (including phenoxy) is 2. The summed E-state index contributed by atoms with van der Waals surface area (Å²) in [7, 11) is 0.